The first-order valence-electron chi connectivity index (χ1n) is 11.5. The standard InChI is InChI=1S/C30H31NO4/c1-17-13-27(32)19(3)11-25(17)31(26-12-20(4)28(33)14-18(26)2)23-7-9-24(10-8-23)35-30-16-21(5)29(34)15-22(30)6/h7-16,32-34H,1-6H3. The van der Waals surface area contributed by atoms with Gasteiger partial charge in [0.25, 0.3) is 0 Å². The van der Waals surface area contributed by atoms with E-state index in [9.17, 15) is 15.3 Å². The minimum atomic E-state index is 0.250. The van der Waals surface area contributed by atoms with Gasteiger partial charge in [-0.15, -0.1) is 0 Å². The molecule has 35 heavy (non-hydrogen) atoms. The van der Waals surface area contributed by atoms with Crippen LogP contribution in [0.4, 0.5) is 17.1 Å². The average Bonchev–Trinajstić information content (AvgIpc) is 2.80. The number of benzene rings is 4. The molecule has 0 unspecified atom stereocenters. The van der Waals surface area contributed by atoms with Gasteiger partial charge in [0.05, 0.1) is 0 Å². The number of rotatable bonds is 5. The van der Waals surface area contributed by atoms with Gasteiger partial charge in [0.15, 0.2) is 0 Å². The molecule has 0 fully saturated rings. The van der Waals surface area contributed by atoms with Crippen LogP contribution in [0, 0.1) is 41.5 Å². The van der Waals surface area contributed by atoms with Crippen LogP contribution in [-0.2, 0) is 0 Å². The predicted molar refractivity (Wildman–Crippen MR) is 141 cm³/mol. The van der Waals surface area contributed by atoms with E-state index in [0.717, 1.165) is 50.4 Å². The second-order valence-electron chi connectivity index (χ2n) is 9.19. The minimum absolute atomic E-state index is 0.250. The molecule has 0 aliphatic carbocycles. The zero-order chi connectivity index (χ0) is 25.4. The third kappa shape index (κ3) is 4.76. The van der Waals surface area contributed by atoms with E-state index in [1.807, 2.05) is 84.0 Å². The first-order chi connectivity index (χ1) is 16.5. The average molecular weight is 470 g/mol. The molecule has 0 heterocycles. The molecule has 0 saturated carbocycles. The molecule has 0 aliphatic heterocycles. The smallest absolute Gasteiger partial charge is 0.130 e. The molecule has 0 spiro atoms. The highest BCUT2D eigenvalue weighted by Crippen LogP contribution is 2.42. The fraction of sp³-hybridized carbons (Fsp3) is 0.200. The van der Waals surface area contributed by atoms with E-state index in [1.165, 1.54) is 0 Å². The van der Waals surface area contributed by atoms with Gasteiger partial charge in [0.1, 0.15) is 28.7 Å². The van der Waals surface area contributed by atoms with Gasteiger partial charge in [-0.3, -0.25) is 0 Å². The minimum Gasteiger partial charge on any atom is -0.508 e. The van der Waals surface area contributed by atoms with Crippen LogP contribution in [0.1, 0.15) is 33.4 Å². The first-order valence-corrected chi connectivity index (χ1v) is 11.5. The summed E-state index contributed by atoms with van der Waals surface area (Å²) in [5.41, 5.74) is 7.80. The van der Waals surface area contributed by atoms with Crippen molar-refractivity contribution in [3.63, 3.8) is 0 Å². The van der Waals surface area contributed by atoms with Gasteiger partial charge >= 0.3 is 0 Å². The SMILES string of the molecule is Cc1cc(Oc2ccc(N(c3cc(C)c(O)cc3C)c3cc(C)c(O)cc3C)cc2)c(C)cc1O. The lowest BCUT2D eigenvalue weighted by molar-refractivity contribution is 0.458. The van der Waals surface area contributed by atoms with E-state index in [4.69, 9.17) is 4.74 Å². The summed E-state index contributed by atoms with van der Waals surface area (Å²) >= 11 is 0. The van der Waals surface area contributed by atoms with Crippen molar-refractivity contribution >= 4 is 17.1 Å². The Morgan fingerprint density at radius 2 is 0.943 bits per heavy atom. The van der Waals surface area contributed by atoms with Gasteiger partial charge in [0.2, 0.25) is 0 Å². The van der Waals surface area contributed by atoms with Crippen LogP contribution in [-0.4, -0.2) is 15.3 Å². The Balaban J connectivity index is 1.80. The number of hydrogen-bond acceptors (Lipinski definition) is 5. The maximum Gasteiger partial charge on any atom is 0.130 e. The zero-order valence-corrected chi connectivity index (χ0v) is 21.0. The quantitative estimate of drug-likeness (QED) is 0.277. The van der Waals surface area contributed by atoms with Crippen LogP contribution in [0.25, 0.3) is 0 Å². The predicted octanol–water partition coefficient (Wildman–Crippen LogP) is 7.92. The summed E-state index contributed by atoms with van der Waals surface area (Å²) < 4.78 is 6.11. The number of phenolic OH excluding ortho intramolecular Hbond substituents is 3. The molecular weight excluding hydrogens is 438 g/mol. The molecule has 0 aliphatic rings. The van der Waals surface area contributed by atoms with Gasteiger partial charge in [-0.2, -0.15) is 0 Å². The Hall–Kier alpha value is -4.12. The molecule has 0 bridgehead atoms. The summed E-state index contributed by atoms with van der Waals surface area (Å²) in [6.07, 6.45) is 0. The molecule has 0 aromatic heterocycles. The lowest BCUT2D eigenvalue weighted by Crippen LogP contribution is -2.13. The highest BCUT2D eigenvalue weighted by Gasteiger charge is 2.19. The number of nitrogens with zero attached hydrogens (tertiary/aromatic N) is 1. The van der Waals surface area contributed by atoms with Crippen LogP contribution >= 0.6 is 0 Å². The van der Waals surface area contributed by atoms with Crippen molar-refractivity contribution in [2.45, 2.75) is 41.5 Å². The molecule has 4 rings (SSSR count). The Labute approximate surface area is 206 Å². The van der Waals surface area contributed by atoms with Crippen molar-refractivity contribution in [1.29, 1.82) is 0 Å². The molecule has 3 N–H and O–H groups in total. The van der Waals surface area contributed by atoms with Gasteiger partial charge < -0.3 is 25.0 Å². The molecule has 4 aromatic carbocycles. The van der Waals surface area contributed by atoms with Crippen LogP contribution in [0.5, 0.6) is 28.7 Å². The molecule has 0 amide bonds. The monoisotopic (exact) mass is 469 g/mol. The Morgan fingerprint density at radius 1 is 0.514 bits per heavy atom. The highest BCUT2D eigenvalue weighted by atomic mass is 16.5. The normalized spacial score (nSPS) is 10.9. The summed E-state index contributed by atoms with van der Waals surface area (Å²) in [7, 11) is 0. The van der Waals surface area contributed by atoms with Crippen LogP contribution in [0.3, 0.4) is 0 Å². The maximum absolute atomic E-state index is 10.2. The van der Waals surface area contributed by atoms with Crippen molar-refractivity contribution in [2.75, 3.05) is 4.90 Å². The van der Waals surface area contributed by atoms with E-state index in [2.05, 4.69) is 4.90 Å². The Bertz CT molecular complexity index is 1350. The van der Waals surface area contributed by atoms with E-state index in [0.29, 0.717) is 11.5 Å². The third-order valence-electron chi connectivity index (χ3n) is 6.33. The zero-order valence-electron chi connectivity index (χ0n) is 21.0. The summed E-state index contributed by atoms with van der Waals surface area (Å²) in [6.45, 7) is 11.4. The van der Waals surface area contributed by atoms with Crippen molar-refractivity contribution in [1.82, 2.24) is 0 Å². The number of anilines is 3. The highest BCUT2D eigenvalue weighted by molar-refractivity contribution is 5.82. The largest absolute Gasteiger partial charge is 0.508 e. The van der Waals surface area contributed by atoms with Crippen molar-refractivity contribution < 1.29 is 20.1 Å². The molecule has 0 atom stereocenters. The molecule has 5 nitrogen and oxygen atoms in total. The summed E-state index contributed by atoms with van der Waals surface area (Å²) in [4.78, 5) is 2.13. The van der Waals surface area contributed by atoms with Gasteiger partial charge in [-0.05, 0) is 136 Å². The summed E-state index contributed by atoms with van der Waals surface area (Å²) in [5.74, 6) is 2.14. The summed E-state index contributed by atoms with van der Waals surface area (Å²) in [6, 6.07) is 18.8. The van der Waals surface area contributed by atoms with Gasteiger partial charge in [0, 0.05) is 17.1 Å². The van der Waals surface area contributed by atoms with Crippen LogP contribution < -0.4 is 9.64 Å². The Morgan fingerprint density at radius 3 is 1.43 bits per heavy atom. The fourth-order valence-corrected chi connectivity index (χ4v) is 4.14. The lowest BCUT2D eigenvalue weighted by atomic mass is 10.0. The molecule has 0 saturated heterocycles. The molecule has 0 radical (unpaired) electrons. The van der Waals surface area contributed by atoms with Crippen molar-refractivity contribution in [2.24, 2.45) is 0 Å². The van der Waals surface area contributed by atoms with E-state index < -0.39 is 0 Å². The van der Waals surface area contributed by atoms with Gasteiger partial charge in [-0.1, -0.05) is 0 Å². The fourth-order valence-electron chi connectivity index (χ4n) is 4.14. The molecule has 5 heteroatoms. The van der Waals surface area contributed by atoms with Crippen LogP contribution in [0.15, 0.2) is 60.7 Å². The molecular formula is C30H31NO4. The van der Waals surface area contributed by atoms with E-state index in [1.54, 1.807) is 18.2 Å². The van der Waals surface area contributed by atoms with Crippen molar-refractivity contribution in [3.05, 3.63) is 94.0 Å². The Kier molecular flexibility index (Phi) is 6.35. The molecule has 180 valence electrons. The maximum atomic E-state index is 10.2. The third-order valence-corrected chi connectivity index (χ3v) is 6.33. The van der Waals surface area contributed by atoms with Crippen molar-refractivity contribution in [3.8, 4) is 28.7 Å². The number of aromatic hydroxyl groups is 3. The van der Waals surface area contributed by atoms with E-state index in [-0.39, 0.29) is 17.2 Å². The lowest BCUT2D eigenvalue weighted by Gasteiger charge is -2.29. The number of phenols is 3. The second kappa shape index (κ2) is 9.26. The number of hydrogen-bond donors (Lipinski definition) is 3. The number of aryl methyl sites for hydroxylation is 6. The van der Waals surface area contributed by atoms with Gasteiger partial charge in [-0.25, -0.2) is 0 Å². The van der Waals surface area contributed by atoms with E-state index >= 15 is 0 Å². The molecule has 4 aromatic rings. The van der Waals surface area contributed by atoms with Crippen LogP contribution in [0.2, 0.25) is 0 Å². The first kappa shape index (κ1) is 24.0. The topological polar surface area (TPSA) is 73.2 Å². The summed E-state index contributed by atoms with van der Waals surface area (Å²) in [5, 5.41) is 30.4. The second-order valence-corrected chi connectivity index (χ2v) is 9.19. The number of ether oxygens (including phenoxy) is 1.